The van der Waals surface area contributed by atoms with Gasteiger partial charge in [0.15, 0.2) is 5.69 Å². The van der Waals surface area contributed by atoms with Crippen LogP contribution in [0.1, 0.15) is 35.9 Å². The Bertz CT molecular complexity index is 593. The second-order valence-corrected chi connectivity index (χ2v) is 7.10. The number of rotatable bonds is 5. The molecular formula is C11H16ClN3O4S. The lowest BCUT2D eigenvalue weighted by Gasteiger charge is -2.09. The number of aryl methyl sites for hydroxylation is 1. The van der Waals surface area contributed by atoms with Crippen LogP contribution in [0, 0.1) is 0 Å². The first-order valence-corrected chi connectivity index (χ1v) is 8.65. The molecule has 0 saturated carbocycles. The van der Waals surface area contributed by atoms with Crippen LogP contribution < -0.4 is 5.32 Å². The van der Waals surface area contributed by atoms with Crippen molar-refractivity contribution in [2.75, 3.05) is 13.2 Å². The zero-order valence-electron chi connectivity index (χ0n) is 11.0. The normalized spacial score (nSPS) is 19.2. The van der Waals surface area contributed by atoms with E-state index in [4.69, 9.17) is 15.4 Å². The van der Waals surface area contributed by atoms with Crippen LogP contribution >= 0.6 is 10.7 Å². The number of aromatic nitrogens is 2. The Hall–Kier alpha value is -1.12. The Morgan fingerprint density at radius 3 is 2.90 bits per heavy atom. The van der Waals surface area contributed by atoms with E-state index in [1.165, 1.54) is 0 Å². The molecule has 1 aliphatic rings. The number of amides is 1. The SMILES string of the molecule is CCCc1[nH]nc(C(=O)NC2CCOC2)c1S(=O)(=O)Cl. The first kappa shape index (κ1) is 15.3. The molecule has 112 valence electrons. The number of carbonyl (C=O) groups excluding carboxylic acids is 1. The molecule has 0 radical (unpaired) electrons. The van der Waals surface area contributed by atoms with Gasteiger partial charge in [0.2, 0.25) is 0 Å². The Labute approximate surface area is 121 Å². The Kier molecular flexibility index (Phi) is 4.66. The summed E-state index contributed by atoms with van der Waals surface area (Å²) >= 11 is 0. The first-order valence-electron chi connectivity index (χ1n) is 6.34. The van der Waals surface area contributed by atoms with E-state index < -0.39 is 15.0 Å². The standard InChI is InChI=1S/C11H16ClN3O4S/c1-2-3-8-10(20(12,17)18)9(15-14-8)11(16)13-7-4-5-19-6-7/h7H,2-6H2,1H3,(H,13,16)(H,14,15). The molecule has 1 amide bonds. The van der Waals surface area contributed by atoms with Gasteiger partial charge in [-0.3, -0.25) is 9.89 Å². The van der Waals surface area contributed by atoms with Gasteiger partial charge in [-0.05, 0) is 12.8 Å². The van der Waals surface area contributed by atoms with Crippen molar-refractivity contribution < 1.29 is 17.9 Å². The molecule has 1 aliphatic heterocycles. The molecule has 0 aromatic carbocycles. The number of ether oxygens (including phenoxy) is 1. The van der Waals surface area contributed by atoms with Crippen molar-refractivity contribution in [1.29, 1.82) is 0 Å². The number of H-pyrrole nitrogens is 1. The maximum atomic E-state index is 12.1. The smallest absolute Gasteiger partial charge is 0.273 e. The van der Waals surface area contributed by atoms with E-state index in [1.54, 1.807) is 0 Å². The lowest BCUT2D eigenvalue weighted by atomic mass is 10.2. The summed E-state index contributed by atoms with van der Waals surface area (Å²) in [4.78, 5) is 11.9. The molecule has 1 unspecified atom stereocenters. The van der Waals surface area contributed by atoms with E-state index in [1.807, 2.05) is 6.92 Å². The molecule has 1 aromatic heterocycles. The van der Waals surface area contributed by atoms with E-state index in [2.05, 4.69) is 15.5 Å². The average Bonchev–Trinajstić information content (AvgIpc) is 2.97. The third-order valence-corrected chi connectivity index (χ3v) is 4.41. The van der Waals surface area contributed by atoms with E-state index >= 15 is 0 Å². The highest BCUT2D eigenvalue weighted by atomic mass is 35.7. The van der Waals surface area contributed by atoms with Gasteiger partial charge >= 0.3 is 0 Å². The lowest BCUT2D eigenvalue weighted by molar-refractivity contribution is 0.0921. The zero-order valence-corrected chi connectivity index (χ0v) is 12.6. The molecule has 1 saturated heterocycles. The maximum Gasteiger partial charge on any atom is 0.273 e. The molecule has 1 fully saturated rings. The number of halogens is 1. The molecule has 2 rings (SSSR count). The topological polar surface area (TPSA) is 101 Å². The van der Waals surface area contributed by atoms with Gasteiger partial charge in [-0.25, -0.2) is 8.42 Å². The van der Waals surface area contributed by atoms with E-state index in [0.29, 0.717) is 38.2 Å². The minimum absolute atomic E-state index is 0.125. The Morgan fingerprint density at radius 1 is 1.60 bits per heavy atom. The average molecular weight is 322 g/mol. The molecule has 1 aromatic rings. The summed E-state index contributed by atoms with van der Waals surface area (Å²) in [5.74, 6) is -0.557. The highest BCUT2D eigenvalue weighted by Crippen LogP contribution is 2.23. The molecule has 1 atom stereocenters. The minimum Gasteiger partial charge on any atom is -0.379 e. The highest BCUT2D eigenvalue weighted by Gasteiger charge is 2.29. The predicted molar refractivity (Wildman–Crippen MR) is 72.3 cm³/mol. The molecule has 20 heavy (non-hydrogen) atoms. The van der Waals surface area contributed by atoms with Crippen LogP contribution in [-0.4, -0.2) is 43.8 Å². The van der Waals surface area contributed by atoms with Crippen LogP contribution in [0.3, 0.4) is 0 Å². The summed E-state index contributed by atoms with van der Waals surface area (Å²) in [5, 5.41) is 9.08. The summed E-state index contributed by atoms with van der Waals surface area (Å²) in [6.45, 7) is 2.88. The number of hydrogen-bond acceptors (Lipinski definition) is 5. The lowest BCUT2D eigenvalue weighted by Crippen LogP contribution is -2.35. The van der Waals surface area contributed by atoms with Crippen molar-refractivity contribution in [3.05, 3.63) is 11.4 Å². The second-order valence-electron chi connectivity index (χ2n) is 4.60. The molecular weight excluding hydrogens is 306 g/mol. The second kappa shape index (κ2) is 6.11. The van der Waals surface area contributed by atoms with Gasteiger partial charge < -0.3 is 10.1 Å². The minimum atomic E-state index is -4.04. The summed E-state index contributed by atoms with van der Waals surface area (Å²) in [6, 6.07) is -0.125. The van der Waals surface area contributed by atoms with Crippen molar-refractivity contribution >= 4 is 25.6 Å². The van der Waals surface area contributed by atoms with Crippen molar-refractivity contribution in [3.63, 3.8) is 0 Å². The fourth-order valence-corrected chi connectivity index (χ4v) is 3.42. The molecule has 0 aliphatic carbocycles. The summed E-state index contributed by atoms with van der Waals surface area (Å²) < 4.78 is 28.5. The fraction of sp³-hybridized carbons (Fsp3) is 0.636. The van der Waals surface area contributed by atoms with Gasteiger partial charge in [-0.15, -0.1) is 0 Å². The number of nitrogens with one attached hydrogen (secondary N) is 2. The zero-order chi connectivity index (χ0) is 14.8. The van der Waals surface area contributed by atoms with Crippen LogP contribution in [0.2, 0.25) is 0 Å². The van der Waals surface area contributed by atoms with Crippen molar-refractivity contribution in [3.8, 4) is 0 Å². The van der Waals surface area contributed by atoms with E-state index in [0.717, 1.165) is 0 Å². The van der Waals surface area contributed by atoms with Crippen molar-refractivity contribution in [2.45, 2.75) is 37.1 Å². The van der Waals surface area contributed by atoms with Gasteiger partial charge in [-0.2, -0.15) is 5.10 Å². The third kappa shape index (κ3) is 3.31. The van der Waals surface area contributed by atoms with Crippen LogP contribution in [0.4, 0.5) is 0 Å². The molecule has 9 heteroatoms. The van der Waals surface area contributed by atoms with Gasteiger partial charge in [0.25, 0.3) is 15.0 Å². The van der Waals surface area contributed by atoms with E-state index in [9.17, 15) is 13.2 Å². The Balaban J connectivity index is 2.28. The highest BCUT2D eigenvalue weighted by molar-refractivity contribution is 8.13. The largest absolute Gasteiger partial charge is 0.379 e. The number of hydrogen-bond donors (Lipinski definition) is 2. The van der Waals surface area contributed by atoms with Gasteiger partial charge in [0.1, 0.15) is 4.90 Å². The number of nitrogens with zero attached hydrogens (tertiary/aromatic N) is 1. The van der Waals surface area contributed by atoms with E-state index in [-0.39, 0.29) is 16.6 Å². The third-order valence-electron chi connectivity index (χ3n) is 3.02. The van der Waals surface area contributed by atoms with Gasteiger partial charge in [0, 0.05) is 17.3 Å². The van der Waals surface area contributed by atoms with Crippen LogP contribution in [-0.2, 0) is 20.2 Å². The molecule has 2 heterocycles. The summed E-state index contributed by atoms with van der Waals surface area (Å²) in [6.07, 6.45) is 1.86. The Morgan fingerprint density at radius 2 is 2.35 bits per heavy atom. The predicted octanol–water partition coefficient (Wildman–Crippen LogP) is 0.808. The van der Waals surface area contributed by atoms with Crippen LogP contribution in [0.5, 0.6) is 0 Å². The first-order chi connectivity index (χ1) is 9.43. The number of carbonyl (C=O) groups is 1. The monoisotopic (exact) mass is 321 g/mol. The molecule has 0 spiro atoms. The summed E-state index contributed by atoms with van der Waals surface area (Å²) in [7, 11) is 1.38. The quantitative estimate of drug-likeness (QED) is 0.781. The van der Waals surface area contributed by atoms with Crippen LogP contribution in [0.25, 0.3) is 0 Å². The van der Waals surface area contributed by atoms with Crippen molar-refractivity contribution in [1.82, 2.24) is 15.5 Å². The number of aromatic amines is 1. The molecule has 0 bridgehead atoms. The fourth-order valence-electron chi connectivity index (χ4n) is 2.11. The van der Waals surface area contributed by atoms with Gasteiger partial charge in [0.05, 0.1) is 18.3 Å². The molecule has 7 nitrogen and oxygen atoms in total. The van der Waals surface area contributed by atoms with Gasteiger partial charge in [-0.1, -0.05) is 13.3 Å². The van der Waals surface area contributed by atoms with Crippen molar-refractivity contribution in [2.24, 2.45) is 0 Å². The molecule has 2 N–H and O–H groups in total. The maximum absolute atomic E-state index is 12.1. The van der Waals surface area contributed by atoms with Crippen LogP contribution in [0.15, 0.2) is 4.90 Å². The summed E-state index contributed by atoms with van der Waals surface area (Å²) in [5.41, 5.74) is 0.172.